The number of carbonyl (C=O) groups is 1. The average Bonchev–Trinajstić information content (AvgIpc) is 3.20. The van der Waals surface area contributed by atoms with Gasteiger partial charge in [-0.3, -0.25) is 9.48 Å². The minimum absolute atomic E-state index is 0.0465. The Hall–Kier alpha value is -2.30. The lowest BCUT2D eigenvalue weighted by Gasteiger charge is -2.25. The van der Waals surface area contributed by atoms with E-state index >= 15 is 0 Å². The van der Waals surface area contributed by atoms with Gasteiger partial charge in [-0.05, 0) is 70.2 Å². The van der Waals surface area contributed by atoms with E-state index in [0.717, 1.165) is 30.7 Å². The number of nitrogens with zero attached hydrogens (tertiary/aromatic N) is 3. The van der Waals surface area contributed by atoms with E-state index in [1.54, 1.807) is 7.11 Å². The number of rotatable bonds is 4. The summed E-state index contributed by atoms with van der Waals surface area (Å²) in [5, 5.41) is 4.75. The number of amides is 1. The van der Waals surface area contributed by atoms with E-state index in [9.17, 15) is 4.79 Å². The summed E-state index contributed by atoms with van der Waals surface area (Å²) in [5.74, 6) is 1.44. The largest absolute Gasteiger partial charge is 0.497 e. The summed E-state index contributed by atoms with van der Waals surface area (Å²) in [5.41, 5.74) is 2.82. The Morgan fingerprint density at radius 1 is 1.19 bits per heavy atom. The van der Waals surface area contributed by atoms with E-state index in [1.165, 1.54) is 18.5 Å². The van der Waals surface area contributed by atoms with Gasteiger partial charge in [0.15, 0.2) is 5.69 Å². The first-order valence-electron chi connectivity index (χ1n) is 9.94. The van der Waals surface area contributed by atoms with Crippen molar-refractivity contribution in [3.05, 3.63) is 47.3 Å². The molecular formula is C22H29N3O2. The predicted molar refractivity (Wildman–Crippen MR) is 105 cm³/mol. The van der Waals surface area contributed by atoms with Gasteiger partial charge in [-0.1, -0.05) is 12.1 Å². The monoisotopic (exact) mass is 367 g/mol. The lowest BCUT2D eigenvalue weighted by Crippen LogP contribution is -2.31. The smallest absolute Gasteiger partial charge is 0.274 e. The van der Waals surface area contributed by atoms with Gasteiger partial charge in [-0.15, -0.1) is 0 Å². The minimum atomic E-state index is -0.117. The van der Waals surface area contributed by atoms with Gasteiger partial charge >= 0.3 is 0 Å². The number of likely N-dealkylation sites (tertiary alicyclic amines) is 1. The van der Waals surface area contributed by atoms with Crippen LogP contribution in [0.2, 0.25) is 0 Å². The predicted octanol–water partition coefficient (Wildman–Crippen LogP) is 4.50. The fourth-order valence-electron chi connectivity index (χ4n) is 4.06. The highest BCUT2D eigenvalue weighted by Gasteiger charge is 2.36. The van der Waals surface area contributed by atoms with Crippen molar-refractivity contribution in [1.29, 1.82) is 0 Å². The SMILES string of the molecule is COc1cccc(C2CCCN2C(=O)c2cc(C3CC3)n(C(C)(C)C)n2)c1. The maximum absolute atomic E-state index is 13.3. The van der Waals surface area contributed by atoms with Crippen LogP contribution >= 0.6 is 0 Å². The molecule has 5 heteroatoms. The molecule has 0 radical (unpaired) electrons. The van der Waals surface area contributed by atoms with Crippen molar-refractivity contribution in [2.75, 3.05) is 13.7 Å². The normalized spacial score (nSPS) is 20.1. The van der Waals surface area contributed by atoms with Crippen molar-refractivity contribution in [1.82, 2.24) is 14.7 Å². The zero-order valence-corrected chi connectivity index (χ0v) is 16.7. The maximum Gasteiger partial charge on any atom is 0.274 e. The van der Waals surface area contributed by atoms with Crippen LogP contribution in [0.25, 0.3) is 0 Å². The average molecular weight is 367 g/mol. The molecule has 144 valence electrons. The van der Waals surface area contributed by atoms with E-state index in [1.807, 2.05) is 29.2 Å². The van der Waals surface area contributed by atoms with E-state index in [-0.39, 0.29) is 17.5 Å². The zero-order chi connectivity index (χ0) is 19.2. The topological polar surface area (TPSA) is 47.4 Å². The van der Waals surface area contributed by atoms with Crippen LogP contribution < -0.4 is 4.74 Å². The molecule has 0 spiro atoms. The molecule has 2 heterocycles. The molecule has 0 bridgehead atoms. The molecule has 1 aliphatic heterocycles. The highest BCUT2D eigenvalue weighted by atomic mass is 16.5. The molecule has 1 atom stereocenters. The molecule has 4 rings (SSSR count). The number of hydrogen-bond acceptors (Lipinski definition) is 3. The molecular weight excluding hydrogens is 338 g/mol. The molecule has 27 heavy (non-hydrogen) atoms. The second-order valence-electron chi connectivity index (χ2n) is 8.74. The van der Waals surface area contributed by atoms with Crippen molar-refractivity contribution in [2.24, 2.45) is 0 Å². The second kappa shape index (κ2) is 6.70. The van der Waals surface area contributed by atoms with Crippen molar-refractivity contribution in [2.45, 2.75) is 64.0 Å². The molecule has 1 unspecified atom stereocenters. The van der Waals surface area contributed by atoms with E-state index in [4.69, 9.17) is 9.84 Å². The number of hydrogen-bond donors (Lipinski definition) is 0. The Morgan fingerprint density at radius 3 is 2.63 bits per heavy atom. The van der Waals surface area contributed by atoms with Crippen LogP contribution in [0.5, 0.6) is 5.75 Å². The van der Waals surface area contributed by atoms with Crippen LogP contribution in [0.15, 0.2) is 30.3 Å². The van der Waals surface area contributed by atoms with Gasteiger partial charge in [0.2, 0.25) is 0 Å². The lowest BCUT2D eigenvalue weighted by molar-refractivity contribution is 0.0727. The molecule has 5 nitrogen and oxygen atoms in total. The third kappa shape index (κ3) is 3.47. The number of aromatic nitrogens is 2. The second-order valence-corrected chi connectivity index (χ2v) is 8.74. The minimum Gasteiger partial charge on any atom is -0.497 e. The Balaban J connectivity index is 1.63. The van der Waals surface area contributed by atoms with Crippen LogP contribution in [0.4, 0.5) is 0 Å². The van der Waals surface area contributed by atoms with Gasteiger partial charge in [0.25, 0.3) is 5.91 Å². The molecule has 0 N–H and O–H groups in total. The highest BCUT2D eigenvalue weighted by molar-refractivity contribution is 5.93. The number of benzene rings is 1. The Bertz CT molecular complexity index is 845. The highest BCUT2D eigenvalue weighted by Crippen LogP contribution is 2.42. The summed E-state index contributed by atoms with van der Waals surface area (Å²) in [6, 6.07) is 10.2. The molecule has 1 aromatic carbocycles. The van der Waals surface area contributed by atoms with Gasteiger partial charge in [0.1, 0.15) is 5.75 Å². The van der Waals surface area contributed by atoms with Crippen molar-refractivity contribution in [3.8, 4) is 5.75 Å². The summed E-state index contributed by atoms with van der Waals surface area (Å²) < 4.78 is 7.43. The van der Waals surface area contributed by atoms with Crippen LogP contribution in [0.3, 0.4) is 0 Å². The molecule has 1 amide bonds. The molecule has 2 aliphatic rings. The fraction of sp³-hybridized carbons (Fsp3) is 0.545. The summed E-state index contributed by atoms with van der Waals surface area (Å²) in [6.45, 7) is 7.22. The van der Waals surface area contributed by atoms with Crippen molar-refractivity contribution < 1.29 is 9.53 Å². The first-order chi connectivity index (χ1) is 12.9. The van der Waals surface area contributed by atoms with Crippen LogP contribution in [-0.4, -0.2) is 34.2 Å². The fourth-order valence-corrected chi connectivity index (χ4v) is 4.06. The molecule has 1 saturated carbocycles. The van der Waals surface area contributed by atoms with Gasteiger partial charge in [0.05, 0.1) is 18.7 Å². The summed E-state index contributed by atoms with van der Waals surface area (Å²) in [7, 11) is 1.68. The Morgan fingerprint density at radius 2 is 1.96 bits per heavy atom. The summed E-state index contributed by atoms with van der Waals surface area (Å²) in [6.07, 6.45) is 4.40. The molecule has 1 saturated heterocycles. The third-order valence-corrected chi connectivity index (χ3v) is 5.58. The van der Waals surface area contributed by atoms with Gasteiger partial charge in [0, 0.05) is 18.2 Å². The van der Waals surface area contributed by atoms with Crippen molar-refractivity contribution in [3.63, 3.8) is 0 Å². The first-order valence-corrected chi connectivity index (χ1v) is 9.94. The first kappa shape index (κ1) is 18.1. The molecule has 2 fully saturated rings. The molecule has 2 aromatic rings. The Labute approximate surface area is 161 Å². The van der Waals surface area contributed by atoms with Gasteiger partial charge in [-0.25, -0.2) is 0 Å². The number of ether oxygens (including phenoxy) is 1. The van der Waals surface area contributed by atoms with E-state index in [2.05, 4.69) is 31.5 Å². The van der Waals surface area contributed by atoms with Crippen LogP contribution in [0.1, 0.15) is 80.2 Å². The third-order valence-electron chi connectivity index (χ3n) is 5.58. The summed E-state index contributed by atoms with van der Waals surface area (Å²) >= 11 is 0. The Kier molecular flexibility index (Phi) is 4.49. The summed E-state index contributed by atoms with van der Waals surface area (Å²) in [4.78, 5) is 15.3. The molecule has 1 aromatic heterocycles. The number of carbonyl (C=O) groups excluding carboxylic acids is 1. The number of methoxy groups -OCH3 is 1. The standard InChI is InChI=1S/C22H29N3O2/c1-22(2,3)25-20(15-10-11-15)14-18(23-25)21(26)24-12-6-9-19(24)16-7-5-8-17(13-16)27-4/h5,7-8,13-15,19H,6,9-12H2,1-4H3. The van der Waals surface area contributed by atoms with E-state index < -0.39 is 0 Å². The molecule has 1 aliphatic carbocycles. The van der Waals surface area contributed by atoms with Gasteiger partial charge in [-0.2, -0.15) is 5.10 Å². The lowest BCUT2D eigenvalue weighted by atomic mass is 10.0. The quantitative estimate of drug-likeness (QED) is 0.799. The zero-order valence-electron chi connectivity index (χ0n) is 16.7. The maximum atomic E-state index is 13.3. The van der Waals surface area contributed by atoms with Crippen LogP contribution in [0, 0.1) is 0 Å². The van der Waals surface area contributed by atoms with Crippen molar-refractivity contribution >= 4 is 5.91 Å². The van der Waals surface area contributed by atoms with Gasteiger partial charge < -0.3 is 9.64 Å². The van der Waals surface area contributed by atoms with Crippen LogP contribution in [-0.2, 0) is 5.54 Å². The van der Waals surface area contributed by atoms with E-state index in [0.29, 0.717) is 11.6 Å².